The molecule has 2 aromatic heterocycles. The van der Waals surface area contributed by atoms with E-state index in [1.807, 2.05) is 4.90 Å². The predicted octanol–water partition coefficient (Wildman–Crippen LogP) is 0.327. The normalized spacial score (nSPS) is 19.2. The molecule has 6 rings (SSSR count). The number of nitrogens with one attached hydrogen (secondary N) is 1. The van der Waals surface area contributed by atoms with Crippen LogP contribution in [-0.2, 0) is 10.0 Å². The van der Waals surface area contributed by atoms with Crippen LogP contribution in [0.15, 0.2) is 55.4 Å². The summed E-state index contributed by atoms with van der Waals surface area (Å²) >= 11 is 0. The summed E-state index contributed by atoms with van der Waals surface area (Å²) in [5.41, 5.74) is 0.0707. The smallest absolute Gasteiger partial charge is 0.330 e. The lowest BCUT2D eigenvalue weighted by molar-refractivity contribution is 0.0692. The van der Waals surface area contributed by atoms with Gasteiger partial charge in [0.2, 0.25) is 0 Å². The van der Waals surface area contributed by atoms with Gasteiger partial charge >= 0.3 is 5.69 Å². The highest BCUT2D eigenvalue weighted by Gasteiger charge is 2.34. The van der Waals surface area contributed by atoms with E-state index in [0.29, 0.717) is 37.6 Å². The minimum atomic E-state index is -3.71. The van der Waals surface area contributed by atoms with E-state index in [4.69, 9.17) is 0 Å². The SMILES string of the molecule is O=C(c1cnc2c(c1)c(=O)[nH]c(=O)n2C1CC1)N1CCN(C2=NS(=O)(=O)c3ccccc32)CC1. The Hall–Kier alpha value is -3.80. The number of carbonyl (C=O) groups is 1. The Morgan fingerprint density at radius 3 is 2.53 bits per heavy atom. The van der Waals surface area contributed by atoms with Crippen LogP contribution >= 0.6 is 0 Å². The van der Waals surface area contributed by atoms with E-state index in [1.165, 1.54) is 22.9 Å². The molecule has 3 aliphatic rings. The van der Waals surface area contributed by atoms with Crippen molar-refractivity contribution in [3.63, 3.8) is 0 Å². The summed E-state index contributed by atoms with van der Waals surface area (Å²) in [6.07, 6.45) is 3.11. The molecule has 174 valence electrons. The number of carbonyl (C=O) groups excluding carboxylic acids is 1. The van der Waals surface area contributed by atoms with Crippen molar-refractivity contribution < 1.29 is 13.2 Å². The molecule has 2 aliphatic heterocycles. The Bertz CT molecular complexity index is 1610. The number of aromatic amines is 1. The second-order valence-electron chi connectivity index (χ2n) is 8.62. The van der Waals surface area contributed by atoms with Crippen LogP contribution in [0.5, 0.6) is 0 Å². The molecule has 2 fully saturated rings. The summed E-state index contributed by atoms with van der Waals surface area (Å²) in [6, 6.07) is 8.22. The van der Waals surface area contributed by atoms with Crippen molar-refractivity contribution in [1.29, 1.82) is 0 Å². The molecule has 1 amide bonds. The van der Waals surface area contributed by atoms with Crippen molar-refractivity contribution >= 4 is 32.8 Å². The third-order valence-electron chi connectivity index (χ3n) is 6.42. The maximum absolute atomic E-state index is 13.1. The average molecular weight is 481 g/mol. The van der Waals surface area contributed by atoms with Gasteiger partial charge in [-0.3, -0.25) is 19.1 Å². The van der Waals surface area contributed by atoms with Gasteiger partial charge in [0.25, 0.3) is 21.5 Å². The number of hydrogen-bond acceptors (Lipinski definition) is 7. The van der Waals surface area contributed by atoms with Crippen LogP contribution in [0.3, 0.4) is 0 Å². The molecule has 12 heteroatoms. The lowest BCUT2D eigenvalue weighted by Gasteiger charge is -2.35. The Morgan fingerprint density at radius 1 is 1.06 bits per heavy atom. The molecule has 4 heterocycles. The van der Waals surface area contributed by atoms with Gasteiger partial charge in [-0.2, -0.15) is 8.42 Å². The minimum absolute atomic E-state index is 0.0291. The number of aromatic nitrogens is 3. The van der Waals surface area contributed by atoms with Crippen LogP contribution in [0.25, 0.3) is 11.0 Å². The second-order valence-corrected chi connectivity index (χ2v) is 10.2. The first-order chi connectivity index (χ1) is 16.3. The number of nitrogens with zero attached hydrogens (tertiary/aromatic N) is 5. The van der Waals surface area contributed by atoms with Crippen LogP contribution in [0.2, 0.25) is 0 Å². The van der Waals surface area contributed by atoms with Crippen molar-refractivity contribution in [3.05, 3.63) is 68.5 Å². The molecule has 1 saturated carbocycles. The van der Waals surface area contributed by atoms with E-state index in [-0.39, 0.29) is 33.4 Å². The molecule has 3 aromatic rings. The topological polar surface area (TPSA) is 138 Å². The summed E-state index contributed by atoms with van der Waals surface area (Å²) in [6.45, 7) is 1.54. The first kappa shape index (κ1) is 20.8. The zero-order chi connectivity index (χ0) is 23.6. The third kappa shape index (κ3) is 3.24. The fraction of sp³-hybridized carbons (Fsp3) is 0.318. The zero-order valence-electron chi connectivity index (χ0n) is 18.0. The highest BCUT2D eigenvalue weighted by molar-refractivity contribution is 7.90. The fourth-order valence-electron chi connectivity index (χ4n) is 4.55. The quantitative estimate of drug-likeness (QED) is 0.558. The number of amides is 1. The number of fused-ring (bicyclic) bond motifs is 2. The molecule has 0 bridgehead atoms. The molecule has 34 heavy (non-hydrogen) atoms. The van der Waals surface area contributed by atoms with E-state index >= 15 is 0 Å². The summed E-state index contributed by atoms with van der Waals surface area (Å²) in [7, 11) is -3.71. The second kappa shape index (κ2) is 7.35. The monoisotopic (exact) mass is 480 g/mol. The van der Waals surface area contributed by atoms with Crippen LogP contribution in [-0.4, -0.2) is 70.7 Å². The van der Waals surface area contributed by atoms with Crippen molar-refractivity contribution in [3.8, 4) is 0 Å². The third-order valence-corrected chi connectivity index (χ3v) is 7.74. The predicted molar refractivity (Wildman–Crippen MR) is 123 cm³/mol. The highest BCUT2D eigenvalue weighted by atomic mass is 32.2. The first-order valence-electron chi connectivity index (χ1n) is 11.0. The lowest BCUT2D eigenvalue weighted by Crippen LogP contribution is -2.50. The van der Waals surface area contributed by atoms with Crippen LogP contribution < -0.4 is 11.2 Å². The summed E-state index contributed by atoms with van der Waals surface area (Å²) in [5, 5.41) is 0.207. The van der Waals surface area contributed by atoms with Crippen LogP contribution in [0, 0.1) is 0 Å². The molecule has 0 spiro atoms. The molecular formula is C22H20N6O5S. The Morgan fingerprint density at radius 2 is 1.79 bits per heavy atom. The lowest BCUT2D eigenvalue weighted by atomic mass is 10.1. The molecule has 0 atom stereocenters. The standard InChI is InChI=1S/C22H20N6O5S/c29-20-16-11-13(12-23-18(16)28(14-5-6-14)22(31)24-20)21(30)27-9-7-26(8-10-27)19-15-3-1-2-4-17(15)34(32,33)25-19/h1-4,11-12,14H,5-10H2,(H,24,29,31). The number of hydrogen-bond donors (Lipinski definition) is 1. The molecule has 1 aliphatic carbocycles. The molecule has 1 aromatic carbocycles. The number of sulfonamides is 1. The molecular weight excluding hydrogens is 460 g/mol. The van der Waals surface area contributed by atoms with E-state index in [0.717, 1.165) is 12.8 Å². The van der Waals surface area contributed by atoms with Gasteiger partial charge in [0.05, 0.1) is 10.9 Å². The summed E-state index contributed by atoms with van der Waals surface area (Å²) in [5.74, 6) is 0.124. The Kier molecular flexibility index (Phi) is 4.49. The van der Waals surface area contributed by atoms with Gasteiger partial charge in [0.1, 0.15) is 10.5 Å². The van der Waals surface area contributed by atoms with Gasteiger partial charge in [0, 0.05) is 44.0 Å². The van der Waals surface area contributed by atoms with Crippen LogP contribution in [0.1, 0.15) is 34.8 Å². The minimum Gasteiger partial charge on any atom is -0.352 e. The molecule has 11 nitrogen and oxygen atoms in total. The molecule has 0 unspecified atom stereocenters. The van der Waals surface area contributed by atoms with E-state index in [2.05, 4.69) is 14.4 Å². The maximum Gasteiger partial charge on any atom is 0.330 e. The van der Waals surface area contributed by atoms with Gasteiger partial charge in [0.15, 0.2) is 5.84 Å². The number of H-pyrrole nitrogens is 1. The highest BCUT2D eigenvalue weighted by Crippen LogP contribution is 2.34. The van der Waals surface area contributed by atoms with Gasteiger partial charge in [-0.15, -0.1) is 4.40 Å². The first-order valence-corrected chi connectivity index (χ1v) is 12.4. The van der Waals surface area contributed by atoms with Gasteiger partial charge in [-0.1, -0.05) is 12.1 Å². The van der Waals surface area contributed by atoms with Gasteiger partial charge < -0.3 is 9.80 Å². The number of pyridine rings is 1. The van der Waals surface area contributed by atoms with Crippen LogP contribution in [0.4, 0.5) is 0 Å². The Balaban J connectivity index is 1.24. The van der Waals surface area contributed by atoms with Crippen molar-refractivity contribution in [1.82, 2.24) is 24.3 Å². The average Bonchev–Trinajstić information content (AvgIpc) is 3.63. The van der Waals surface area contributed by atoms with E-state index < -0.39 is 21.3 Å². The summed E-state index contributed by atoms with van der Waals surface area (Å²) < 4.78 is 30.1. The number of amidine groups is 1. The van der Waals surface area contributed by atoms with E-state index in [9.17, 15) is 22.8 Å². The fourth-order valence-corrected chi connectivity index (χ4v) is 5.77. The number of rotatable bonds is 2. The van der Waals surface area contributed by atoms with Crippen molar-refractivity contribution in [2.45, 2.75) is 23.8 Å². The molecule has 1 saturated heterocycles. The van der Waals surface area contributed by atoms with E-state index in [1.54, 1.807) is 23.1 Å². The van der Waals surface area contributed by atoms with Gasteiger partial charge in [-0.05, 0) is 31.0 Å². The zero-order valence-corrected chi connectivity index (χ0v) is 18.8. The van der Waals surface area contributed by atoms with Crippen molar-refractivity contribution in [2.75, 3.05) is 26.2 Å². The van der Waals surface area contributed by atoms with Crippen molar-refractivity contribution in [2.24, 2.45) is 4.40 Å². The number of benzene rings is 1. The largest absolute Gasteiger partial charge is 0.352 e. The Labute approximate surface area is 193 Å². The van der Waals surface area contributed by atoms with Gasteiger partial charge in [-0.25, -0.2) is 9.78 Å². The summed E-state index contributed by atoms with van der Waals surface area (Å²) in [4.78, 5) is 48.0. The molecule has 1 N–H and O–H groups in total. The molecule has 0 radical (unpaired) electrons. The maximum atomic E-state index is 13.1. The number of piperazine rings is 1.